The van der Waals surface area contributed by atoms with E-state index in [4.69, 9.17) is 4.74 Å². The molecule has 1 unspecified atom stereocenters. The van der Waals surface area contributed by atoms with Gasteiger partial charge in [-0.05, 0) is 68.3 Å². The molecule has 0 saturated heterocycles. The molecule has 0 saturated carbocycles. The number of hydrogen-bond donors (Lipinski definition) is 1. The largest absolute Gasteiger partial charge is 0.494 e. The van der Waals surface area contributed by atoms with Gasteiger partial charge in [0, 0.05) is 5.69 Å². The van der Waals surface area contributed by atoms with Crippen molar-refractivity contribution in [3.63, 3.8) is 0 Å². The summed E-state index contributed by atoms with van der Waals surface area (Å²) >= 11 is 1.65. The third-order valence-corrected chi connectivity index (χ3v) is 4.77. The highest BCUT2D eigenvalue weighted by molar-refractivity contribution is 8.00. The number of para-hydroxylation sites is 1. The fourth-order valence-electron chi connectivity index (χ4n) is 2.37. The van der Waals surface area contributed by atoms with Crippen LogP contribution in [0.2, 0.25) is 0 Å². The third kappa shape index (κ3) is 6.28. The molecule has 0 bridgehead atoms. The molecule has 1 atom stereocenters. The number of hydrogen-bond acceptors (Lipinski definition) is 3. The Morgan fingerprint density at radius 3 is 2.46 bits per heavy atom. The highest BCUT2D eigenvalue weighted by atomic mass is 32.2. The molecule has 24 heavy (non-hydrogen) atoms. The molecule has 2 aromatic rings. The Balaban J connectivity index is 1.65. The van der Waals surface area contributed by atoms with Crippen LogP contribution < -0.4 is 10.1 Å². The second-order valence-electron chi connectivity index (χ2n) is 5.89. The molecule has 0 heterocycles. The summed E-state index contributed by atoms with van der Waals surface area (Å²) in [7, 11) is 0. The first-order valence-electron chi connectivity index (χ1n) is 8.23. The van der Waals surface area contributed by atoms with E-state index < -0.39 is 0 Å². The number of anilines is 1. The van der Waals surface area contributed by atoms with Crippen LogP contribution in [0.5, 0.6) is 5.75 Å². The monoisotopic (exact) mass is 343 g/mol. The Bertz CT molecular complexity index is 638. The first-order chi connectivity index (χ1) is 11.5. The first-order valence-corrected chi connectivity index (χ1v) is 9.28. The molecular weight excluding hydrogens is 318 g/mol. The van der Waals surface area contributed by atoms with E-state index in [1.165, 1.54) is 11.1 Å². The van der Waals surface area contributed by atoms with Gasteiger partial charge in [-0.2, -0.15) is 0 Å². The van der Waals surface area contributed by atoms with E-state index in [2.05, 4.69) is 37.4 Å². The van der Waals surface area contributed by atoms with Crippen molar-refractivity contribution in [1.82, 2.24) is 0 Å². The van der Waals surface area contributed by atoms with E-state index in [-0.39, 0.29) is 11.2 Å². The zero-order valence-electron chi connectivity index (χ0n) is 14.5. The Hall–Kier alpha value is -1.94. The predicted octanol–water partition coefficient (Wildman–Crippen LogP) is 4.83. The molecule has 1 N–H and O–H groups in total. The van der Waals surface area contributed by atoms with Crippen LogP contribution in [0.4, 0.5) is 5.69 Å². The van der Waals surface area contributed by atoms with Gasteiger partial charge in [-0.25, -0.2) is 0 Å². The number of nitrogens with one attached hydrogen (secondary N) is 1. The van der Waals surface area contributed by atoms with Gasteiger partial charge in [0.25, 0.3) is 0 Å². The minimum Gasteiger partial charge on any atom is -0.494 e. The molecule has 0 spiro atoms. The molecule has 0 aliphatic carbocycles. The van der Waals surface area contributed by atoms with E-state index in [0.717, 1.165) is 23.6 Å². The summed E-state index contributed by atoms with van der Waals surface area (Å²) in [6.45, 7) is 6.75. The lowest BCUT2D eigenvalue weighted by Crippen LogP contribution is -2.22. The van der Waals surface area contributed by atoms with Crippen molar-refractivity contribution < 1.29 is 9.53 Å². The Morgan fingerprint density at radius 1 is 1.12 bits per heavy atom. The van der Waals surface area contributed by atoms with Crippen molar-refractivity contribution in [2.45, 2.75) is 32.4 Å². The molecule has 0 radical (unpaired) electrons. The summed E-state index contributed by atoms with van der Waals surface area (Å²) in [5.41, 5.74) is 3.27. The number of aryl methyl sites for hydroxylation is 2. The topological polar surface area (TPSA) is 38.3 Å². The van der Waals surface area contributed by atoms with Crippen LogP contribution in [0.25, 0.3) is 0 Å². The van der Waals surface area contributed by atoms with Crippen molar-refractivity contribution in [2.24, 2.45) is 0 Å². The molecule has 0 aliphatic heterocycles. The van der Waals surface area contributed by atoms with Crippen molar-refractivity contribution in [1.29, 1.82) is 0 Å². The summed E-state index contributed by atoms with van der Waals surface area (Å²) in [5.74, 6) is 1.86. The van der Waals surface area contributed by atoms with Crippen LogP contribution in [0.3, 0.4) is 0 Å². The highest BCUT2D eigenvalue weighted by Gasteiger charge is 2.13. The number of amides is 1. The average molecular weight is 343 g/mol. The number of rotatable bonds is 8. The van der Waals surface area contributed by atoms with Gasteiger partial charge in [0.15, 0.2) is 0 Å². The van der Waals surface area contributed by atoms with Crippen LogP contribution in [0, 0.1) is 13.8 Å². The fourth-order valence-corrected chi connectivity index (χ4v) is 3.21. The lowest BCUT2D eigenvalue weighted by Gasteiger charge is -2.12. The van der Waals surface area contributed by atoms with Crippen molar-refractivity contribution in [3.05, 3.63) is 59.7 Å². The van der Waals surface area contributed by atoms with E-state index in [1.54, 1.807) is 11.8 Å². The minimum atomic E-state index is -0.0774. The summed E-state index contributed by atoms with van der Waals surface area (Å²) in [4.78, 5) is 12.1. The number of carbonyl (C=O) groups excluding carboxylic acids is 1. The quantitative estimate of drug-likeness (QED) is 0.698. The molecule has 128 valence electrons. The van der Waals surface area contributed by atoms with Gasteiger partial charge >= 0.3 is 0 Å². The molecule has 0 aliphatic rings. The maximum absolute atomic E-state index is 12.1. The second kappa shape index (κ2) is 9.38. The maximum Gasteiger partial charge on any atom is 0.237 e. The maximum atomic E-state index is 12.1. The number of ether oxygens (including phenoxy) is 1. The molecule has 2 rings (SSSR count). The number of thioether (sulfide) groups is 1. The summed E-state index contributed by atoms with van der Waals surface area (Å²) < 4.78 is 5.79. The van der Waals surface area contributed by atoms with Crippen molar-refractivity contribution in [3.8, 4) is 5.75 Å². The molecule has 2 aromatic carbocycles. The lowest BCUT2D eigenvalue weighted by atomic mass is 10.1. The number of benzene rings is 2. The molecule has 0 aromatic heterocycles. The van der Waals surface area contributed by atoms with Gasteiger partial charge in [0.2, 0.25) is 5.91 Å². The summed E-state index contributed by atoms with van der Waals surface area (Å²) in [5, 5.41) is 2.85. The second-order valence-corrected chi connectivity index (χ2v) is 7.34. The zero-order valence-corrected chi connectivity index (χ0v) is 15.4. The van der Waals surface area contributed by atoms with E-state index in [1.807, 2.05) is 37.3 Å². The van der Waals surface area contributed by atoms with Crippen molar-refractivity contribution >= 4 is 23.4 Å². The summed E-state index contributed by atoms with van der Waals surface area (Å²) in [6.07, 6.45) is 0.917. The van der Waals surface area contributed by atoms with E-state index in [9.17, 15) is 4.79 Å². The first kappa shape index (κ1) is 18.4. The van der Waals surface area contributed by atoms with E-state index >= 15 is 0 Å². The molecule has 3 nitrogen and oxygen atoms in total. The van der Waals surface area contributed by atoms with Crippen LogP contribution >= 0.6 is 11.8 Å². The van der Waals surface area contributed by atoms with Gasteiger partial charge in [-0.3, -0.25) is 4.79 Å². The fraction of sp³-hybridized carbons (Fsp3) is 0.350. The van der Waals surface area contributed by atoms with Gasteiger partial charge < -0.3 is 10.1 Å². The Labute approximate surface area is 148 Å². The van der Waals surface area contributed by atoms with Gasteiger partial charge in [-0.1, -0.05) is 24.3 Å². The Kier molecular flexibility index (Phi) is 7.19. The number of carbonyl (C=O) groups is 1. The smallest absolute Gasteiger partial charge is 0.237 e. The molecule has 0 fully saturated rings. The van der Waals surface area contributed by atoms with Gasteiger partial charge in [0.1, 0.15) is 5.75 Å². The van der Waals surface area contributed by atoms with Gasteiger partial charge in [0.05, 0.1) is 11.9 Å². The van der Waals surface area contributed by atoms with Crippen LogP contribution in [-0.4, -0.2) is 23.5 Å². The average Bonchev–Trinajstić information content (AvgIpc) is 2.54. The standard InChI is InChI=1S/C20H25NO2S/c1-15-12-16(2)14-19(13-15)23-10-7-11-24-17(3)20(22)21-18-8-5-4-6-9-18/h4-6,8-9,12-14,17H,7,10-11H2,1-3H3,(H,21,22). The van der Waals surface area contributed by atoms with Crippen LogP contribution in [0.1, 0.15) is 24.5 Å². The Morgan fingerprint density at radius 2 is 1.79 bits per heavy atom. The normalized spacial score (nSPS) is 11.8. The molecule has 1 amide bonds. The lowest BCUT2D eigenvalue weighted by molar-refractivity contribution is -0.115. The van der Waals surface area contributed by atoms with Gasteiger partial charge in [-0.15, -0.1) is 11.8 Å². The zero-order chi connectivity index (χ0) is 17.4. The third-order valence-electron chi connectivity index (χ3n) is 3.53. The van der Waals surface area contributed by atoms with Crippen LogP contribution in [0.15, 0.2) is 48.5 Å². The predicted molar refractivity (Wildman–Crippen MR) is 103 cm³/mol. The molecule has 4 heteroatoms. The minimum absolute atomic E-state index is 0.0430. The van der Waals surface area contributed by atoms with Crippen molar-refractivity contribution in [2.75, 3.05) is 17.7 Å². The summed E-state index contributed by atoms with van der Waals surface area (Å²) in [6, 6.07) is 15.8. The molecular formula is C20H25NO2S. The SMILES string of the molecule is Cc1cc(C)cc(OCCCSC(C)C(=O)Nc2ccccc2)c1. The van der Waals surface area contributed by atoms with E-state index in [0.29, 0.717) is 6.61 Å². The highest BCUT2D eigenvalue weighted by Crippen LogP contribution is 2.18. The van der Waals surface area contributed by atoms with Crippen LogP contribution in [-0.2, 0) is 4.79 Å².